The number of likely N-dealkylation sites (tertiary alicyclic amines) is 1. The Balaban J connectivity index is 1.68. The second-order valence-electron chi connectivity index (χ2n) is 5.92. The van der Waals surface area contributed by atoms with Gasteiger partial charge in [-0.3, -0.25) is 9.78 Å². The number of piperidine rings is 1. The lowest BCUT2D eigenvalue weighted by atomic mass is 9.95. The van der Waals surface area contributed by atoms with Gasteiger partial charge in [-0.1, -0.05) is 6.07 Å². The maximum absolute atomic E-state index is 11.5. The molecule has 1 fully saturated rings. The summed E-state index contributed by atoms with van der Waals surface area (Å²) in [6, 6.07) is 5.79. The highest BCUT2D eigenvalue weighted by atomic mass is 16.2. The molecule has 0 aliphatic carbocycles. The third-order valence-corrected chi connectivity index (χ3v) is 4.10. The van der Waals surface area contributed by atoms with Crippen LogP contribution in [-0.2, 0) is 4.79 Å². The van der Waals surface area contributed by atoms with Crippen LogP contribution in [0, 0.1) is 6.92 Å². The summed E-state index contributed by atoms with van der Waals surface area (Å²) in [5.74, 6) is 1.83. The molecule has 3 heterocycles. The molecule has 0 aromatic carbocycles. The Morgan fingerprint density at radius 2 is 2.13 bits per heavy atom. The van der Waals surface area contributed by atoms with Crippen LogP contribution in [0.5, 0.6) is 0 Å². The quantitative estimate of drug-likeness (QED) is 0.943. The molecule has 0 unspecified atom stereocenters. The van der Waals surface area contributed by atoms with E-state index in [0.29, 0.717) is 5.82 Å². The molecule has 1 saturated heterocycles. The summed E-state index contributed by atoms with van der Waals surface area (Å²) < 4.78 is 0. The van der Waals surface area contributed by atoms with Crippen molar-refractivity contribution in [3.8, 4) is 0 Å². The molecule has 1 aliphatic rings. The molecule has 0 bridgehead atoms. The van der Waals surface area contributed by atoms with Crippen molar-refractivity contribution >= 4 is 17.5 Å². The fourth-order valence-corrected chi connectivity index (χ4v) is 2.86. The molecular weight excluding hydrogens is 290 g/mol. The first-order valence-electron chi connectivity index (χ1n) is 7.90. The van der Waals surface area contributed by atoms with Crippen LogP contribution in [0.25, 0.3) is 0 Å². The Labute approximate surface area is 136 Å². The second kappa shape index (κ2) is 6.73. The smallest absolute Gasteiger partial charge is 0.219 e. The van der Waals surface area contributed by atoms with Crippen LogP contribution in [0.4, 0.5) is 11.6 Å². The Kier molecular flexibility index (Phi) is 4.50. The highest BCUT2D eigenvalue weighted by Gasteiger charge is 2.23. The van der Waals surface area contributed by atoms with Crippen LogP contribution in [0.1, 0.15) is 37.1 Å². The predicted molar refractivity (Wildman–Crippen MR) is 88.5 cm³/mol. The van der Waals surface area contributed by atoms with Crippen molar-refractivity contribution in [2.75, 3.05) is 18.4 Å². The lowest BCUT2D eigenvalue weighted by Crippen LogP contribution is -2.37. The summed E-state index contributed by atoms with van der Waals surface area (Å²) in [5.41, 5.74) is 1.89. The summed E-state index contributed by atoms with van der Waals surface area (Å²) >= 11 is 0. The highest BCUT2D eigenvalue weighted by Crippen LogP contribution is 2.25. The van der Waals surface area contributed by atoms with E-state index < -0.39 is 0 Å². The number of carbonyl (C=O) groups excluding carboxylic acids is 1. The summed E-state index contributed by atoms with van der Waals surface area (Å²) in [5, 5.41) is 3.15. The van der Waals surface area contributed by atoms with Gasteiger partial charge in [-0.25, -0.2) is 9.97 Å². The number of aromatic nitrogens is 3. The van der Waals surface area contributed by atoms with E-state index in [2.05, 4.69) is 20.3 Å². The normalized spacial score (nSPS) is 17.8. The van der Waals surface area contributed by atoms with E-state index in [9.17, 15) is 4.79 Å². The molecule has 0 saturated carbocycles. The summed E-state index contributed by atoms with van der Waals surface area (Å²) in [4.78, 5) is 26.8. The van der Waals surface area contributed by atoms with Crippen LogP contribution in [0.2, 0.25) is 0 Å². The van der Waals surface area contributed by atoms with E-state index in [-0.39, 0.29) is 11.8 Å². The van der Waals surface area contributed by atoms with Crippen LogP contribution in [0.15, 0.2) is 30.6 Å². The number of nitrogens with zero attached hydrogens (tertiary/aromatic N) is 4. The molecule has 3 rings (SSSR count). The number of nitrogens with one attached hydrogen (secondary N) is 1. The molecule has 6 heteroatoms. The molecule has 6 nitrogen and oxygen atoms in total. The SMILES string of the molecule is CC(=O)N1CCC[C@H](c2cnc(Nc3cccc(C)n3)cn2)C1. The average Bonchev–Trinajstić information content (AvgIpc) is 2.56. The Hall–Kier alpha value is -2.50. The van der Waals surface area contributed by atoms with Crippen molar-refractivity contribution in [2.45, 2.75) is 32.6 Å². The molecular formula is C17H21N5O. The monoisotopic (exact) mass is 311 g/mol. The molecule has 1 N–H and O–H groups in total. The number of carbonyl (C=O) groups is 1. The number of aryl methyl sites for hydroxylation is 1. The minimum atomic E-state index is 0.131. The van der Waals surface area contributed by atoms with Crippen molar-refractivity contribution in [3.05, 3.63) is 42.0 Å². The zero-order valence-corrected chi connectivity index (χ0v) is 13.5. The summed E-state index contributed by atoms with van der Waals surface area (Å²) in [6.07, 6.45) is 5.59. The topological polar surface area (TPSA) is 71.0 Å². The fraction of sp³-hybridized carbons (Fsp3) is 0.412. The third-order valence-electron chi connectivity index (χ3n) is 4.10. The van der Waals surface area contributed by atoms with Crippen molar-refractivity contribution in [1.82, 2.24) is 19.9 Å². The molecule has 0 radical (unpaired) electrons. The van der Waals surface area contributed by atoms with Crippen LogP contribution in [-0.4, -0.2) is 38.8 Å². The number of rotatable bonds is 3. The number of hydrogen-bond donors (Lipinski definition) is 1. The minimum Gasteiger partial charge on any atom is -0.342 e. The van der Waals surface area contributed by atoms with Crippen LogP contribution >= 0.6 is 0 Å². The minimum absolute atomic E-state index is 0.131. The van der Waals surface area contributed by atoms with Gasteiger partial charge in [0.1, 0.15) is 11.6 Å². The molecule has 1 atom stereocenters. The van der Waals surface area contributed by atoms with Crippen LogP contribution in [0.3, 0.4) is 0 Å². The maximum Gasteiger partial charge on any atom is 0.219 e. The highest BCUT2D eigenvalue weighted by molar-refractivity contribution is 5.73. The van der Waals surface area contributed by atoms with Gasteiger partial charge in [0, 0.05) is 31.6 Å². The van der Waals surface area contributed by atoms with Gasteiger partial charge in [0.05, 0.1) is 18.1 Å². The van der Waals surface area contributed by atoms with Gasteiger partial charge in [0.25, 0.3) is 0 Å². The number of anilines is 2. The van der Waals surface area contributed by atoms with E-state index in [1.807, 2.05) is 30.0 Å². The number of hydrogen-bond acceptors (Lipinski definition) is 5. The number of amides is 1. The average molecular weight is 311 g/mol. The molecule has 2 aromatic rings. The van der Waals surface area contributed by atoms with Gasteiger partial charge in [-0.15, -0.1) is 0 Å². The molecule has 0 spiro atoms. The zero-order chi connectivity index (χ0) is 16.2. The van der Waals surface area contributed by atoms with E-state index in [1.54, 1.807) is 19.3 Å². The first-order valence-corrected chi connectivity index (χ1v) is 7.90. The zero-order valence-electron chi connectivity index (χ0n) is 13.5. The van der Waals surface area contributed by atoms with Gasteiger partial charge in [-0.05, 0) is 31.9 Å². The standard InChI is InChI=1S/C17H21N5O/c1-12-5-3-7-16(20-12)21-17-10-18-15(9-19-17)14-6-4-8-22(11-14)13(2)23/h3,5,7,9-10,14H,4,6,8,11H2,1-2H3,(H,19,20,21)/t14-/m0/s1. The first kappa shape index (κ1) is 15.4. The van der Waals surface area contributed by atoms with Crippen molar-refractivity contribution < 1.29 is 4.79 Å². The fourth-order valence-electron chi connectivity index (χ4n) is 2.86. The molecule has 1 aliphatic heterocycles. The largest absolute Gasteiger partial charge is 0.342 e. The summed E-state index contributed by atoms with van der Waals surface area (Å²) in [6.45, 7) is 5.15. The van der Waals surface area contributed by atoms with E-state index in [1.165, 1.54) is 0 Å². The van der Waals surface area contributed by atoms with E-state index in [0.717, 1.165) is 43.1 Å². The van der Waals surface area contributed by atoms with Gasteiger partial charge >= 0.3 is 0 Å². The van der Waals surface area contributed by atoms with Gasteiger partial charge < -0.3 is 10.2 Å². The van der Waals surface area contributed by atoms with Crippen molar-refractivity contribution in [3.63, 3.8) is 0 Å². The van der Waals surface area contributed by atoms with Crippen LogP contribution < -0.4 is 5.32 Å². The summed E-state index contributed by atoms with van der Waals surface area (Å²) in [7, 11) is 0. The Bertz CT molecular complexity index is 686. The third kappa shape index (κ3) is 3.83. The molecule has 120 valence electrons. The first-order chi connectivity index (χ1) is 11.1. The van der Waals surface area contributed by atoms with E-state index in [4.69, 9.17) is 0 Å². The van der Waals surface area contributed by atoms with E-state index >= 15 is 0 Å². The second-order valence-corrected chi connectivity index (χ2v) is 5.92. The van der Waals surface area contributed by atoms with Gasteiger partial charge in [-0.2, -0.15) is 0 Å². The lowest BCUT2D eigenvalue weighted by Gasteiger charge is -2.31. The molecule has 23 heavy (non-hydrogen) atoms. The molecule has 2 aromatic heterocycles. The Morgan fingerprint density at radius 3 is 2.83 bits per heavy atom. The van der Waals surface area contributed by atoms with Crippen molar-refractivity contribution in [1.29, 1.82) is 0 Å². The van der Waals surface area contributed by atoms with Gasteiger partial charge in [0.2, 0.25) is 5.91 Å². The predicted octanol–water partition coefficient (Wildman–Crippen LogP) is 2.65. The lowest BCUT2D eigenvalue weighted by molar-refractivity contribution is -0.130. The Morgan fingerprint density at radius 1 is 1.26 bits per heavy atom. The van der Waals surface area contributed by atoms with Crippen molar-refractivity contribution in [2.24, 2.45) is 0 Å². The van der Waals surface area contributed by atoms with Gasteiger partial charge in [0.15, 0.2) is 0 Å². The number of pyridine rings is 1. The maximum atomic E-state index is 11.5. The molecule has 1 amide bonds.